The van der Waals surface area contributed by atoms with Crippen LogP contribution in [-0.2, 0) is 14.4 Å². The van der Waals surface area contributed by atoms with Crippen LogP contribution in [0, 0.1) is 0 Å². The summed E-state index contributed by atoms with van der Waals surface area (Å²) >= 11 is 0. The van der Waals surface area contributed by atoms with Crippen molar-refractivity contribution >= 4 is 26.3 Å². The van der Waals surface area contributed by atoms with Crippen molar-refractivity contribution in [1.29, 1.82) is 0 Å². The fourth-order valence-corrected chi connectivity index (χ4v) is 1.88. The SMILES string of the molecule is [B]NC(CCCCNC(=O)C(N)CCCCNC=O)C(=O)O. The Morgan fingerprint density at radius 2 is 1.77 bits per heavy atom. The minimum absolute atomic E-state index is 0.213. The Hall–Kier alpha value is -1.61. The van der Waals surface area contributed by atoms with E-state index in [1.807, 2.05) is 0 Å². The first kappa shape index (κ1) is 20.4. The van der Waals surface area contributed by atoms with Crippen molar-refractivity contribution in [2.45, 2.75) is 50.6 Å². The Bertz CT molecular complexity index is 344. The van der Waals surface area contributed by atoms with Gasteiger partial charge in [-0.05, 0) is 38.5 Å². The monoisotopic (exact) mass is 312 g/mol. The van der Waals surface area contributed by atoms with Crippen LogP contribution in [0.4, 0.5) is 0 Å². The molecule has 2 atom stereocenters. The molecule has 22 heavy (non-hydrogen) atoms. The van der Waals surface area contributed by atoms with Crippen LogP contribution in [0.2, 0.25) is 0 Å². The van der Waals surface area contributed by atoms with Crippen molar-refractivity contribution < 1.29 is 19.5 Å². The van der Waals surface area contributed by atoms with Crippen LogP contribution in [0.5, 0.6) is 0 Å². The second kappa shape index (κ2) is 13.1. The fourth-order valence-electron chi connectivity index (χ4n) is 1.88. The molecule has 124 valence electrons. The molecule has 6 N–H and O–H groups in total. The number of nitrogens with two attached hydrogens (primary N) is 1. The molecule has 2 unspecified atom stereocenters. The molecule has 8 nitrogen and oxygen atoms in total. The van der Waals surface area contributed by atoms with E-state index in [-0.39, 0.29) is 5.91 Å². The zero-order valence-electron chi connectivity index (χ0n) is 12.7. The molecule has 2 radical (unpaired) electrons. The lowest BCUT2D eigenvalue weighted by Gasteiger charge is -2.13. The quantitative estimate of drug-likeness (QED) is 0.153. The lowest BCUT2D eigenvalue weighted by Crippen LogP contribution is -2.41. The van der Waals surface area contributed by atoms with Crippen LogP contribution < -0.4 is 21.6 Å². The van der Waals surface area contributed by atoms with Gasteiger partial charge >= 0.3 is 5.97 Å². The molecule has 0 saturated heterocycles. The number of carbonyl (C=O) groups excluding carboxylic acids is 2. The molecule has 0 aliphatic heterocycles. The van der Waals surface area contributed by atoms with Crippen LogP contribution in [0.1, 0.15) is 38.5 Å². The Morgan fingerprint density at radius 1 is 1.14 bits per heavy atom. The first-order valence-corrected chi connectivity index (χ1v) is 7.42. The van der Waals surface area contributed by atoms with Crippen LogP contribution in [0.3, 0.4) is 0 Å². The summed E-state index contributed by atoms with van der Waals surface area (Å²) in [5.74, 6) is -1.20. The highest BCUT2D eigenvalue weighted by molar-refractivity contribution is 6.06. The van der Waals surface area contributed by atoms with Gasteiger partial charge in [0.15, 0.2) is 7.98 Å². The molecule has 0 aromatic heterocycles. The van der Waals surface area contributed by atoms with E-state index in [1.165, 1.54) is 0 Å². The van der Waals surface area contributed by atoms with Gasteiger partial charge in [0.2, 0.25) is 12.3 Å². The summed E-state index contributed by atoms with van der Waals surface area (Å²) in [6.07, 6.45) is 4.44. The van der Waals surface area contributed by atoms with Crippen molar-refractivity contribution in [1.82, 2.24) is 15.9 Å². The van der Waals surface area contributed by atoms with E-state index in [9.17, 15) is 14.4 Å². The number of carboxylic acid groups (broad SMARTS) is 1. The fraction of sp³-hybridized carbons (Fsp3) is 0.769. The second-order valence-corrected chi connectivity index (χ2v) is 5.02. The van der Waals surface area contributed by atoms with Gasteiger partial charge in [-0.25, -0.2) is 0 Å². The van der Waals surface area contributed by atoms with Gasteiger partial charge in [-0.2, -0.15) is 0 Å². The topological polar surface area (TPSA) is 134 Å². The van der Waals surface area contributed by atoms with E-state index >= 15 is 0 Å². The number of carboxylic acids is 1. The number of unbranched alkanes of at least 4 members (excludes halogenated alkanes) is 2. The van der Waals surface area contributed by atoms with Gasteiger partial charge in [0, 0.05) is 13.1 Å². The Labute approximate surface area is 132 Å². The Kier molecular flexibility index (Phi) is 12.1. The van der Waals surface area contributed by atoms with Gasteiger partial charge < -0.3 is 26.7 Å². The highest BCUT2D eigenvalue weighted by Crippen LogP contribution is 2.01. The summed E-state index contributed by atoms with van der Waals surface area (Å²) < 4.78 is 0. The molecule has 2 amide bonds. The van der Waals surface area contributed by atoms with E-state index in [1.54, 1.807) is 0 Å². The van der Waals surface area contributed by atoms with Crippen molar-refractivity contribution in [3.05, 3.63) is 0 Å². The zero-order valence-corrected chi connectivity index (χ0v) is 12.7. The number of aliphatic carboxylic acids is 1. The lowest BCUT2D eigenvalue weighted by atomic mass is 10.1. The van der Waals surface area contributed by atoms with Gasteiger partial charge in [-0.3, -0.25) is 14.4 Å². The van der Waals surface area contributed by atoms with Gasteiger partial charge in [-0.1, -0.05) is 0 Å². The van der Waals surface area contributed by atoms with Crippen LogP contribution in [0.15, 0.2) is 0 Å². The van der Waals surface area contributed by atoms with Crippen molar-refractivity contribution in [2.75, 3.05) is 13.1 Å². The zero-order chi connectivity index (χ0) is 16.8. The molecule has 0 heterocycles. The van der Waals surface area contributed by atoms with E-state index in [4.69, 9.17) is 18.8 Å². The van der Waals surface area contributed by atoms with E-state index < -0.39 is 18.1 Å². The first-order valence-electron chi connectivity index (χ1n) is 7.42. The summed E-state index contributed by atoms with van der Waals surface area (Å²) in [7, 11) is 5.11. The Morgan fingerprint density at radius 3 is 2.36 bits per heavy atom. The molecule has 0 aliphatic rings. The third-order valence-electron chi connectivity index (χ3n) is 3.22. The third-order valence-corrected chi connectivity index (χ3v) is 3.22. The maximum Gasteiger partial charge on any atom is 0.319 e. The van der Waals surface area contributed by atoms with Gasteiger partial charge in [0.25, 0.3) is 0 Å². The van der Waals surface area contributed by atoms with Crippen LogP contribution in [-0.4, -0.2) is 56.5 Å². The molecule has 0 aromatic rings. The number of rotatable bonds is 14. The predicted octanol–water partition coefficient (Wildman–Crippen LogP) is -1.36. The number of hydrogen-bond donors (Lipinski definition) is 5. The maximum absolute atomic E-state index is 11.7. The smallest absolute Gasteiger partial charge is 0.319 e. The van der Waals surface area contributed by atoms with Gasteiger partial charge in [-0.15, -0.1) is 0 Å². The number of amides is 2. The van der Waals surface area contributed by atoms with Crippen LogP contribution >= 0.6 is 0 Å². The standard InChI is InChI=1S/C13H25BN4O4/c14-18-11(13(21)22)6-2-4-8-17-12(20)10(15)5-1-3-7-16-9-19/h9-11,18H,1-8,15H2,(H,16,19)(H,17,20)(H,21,22). The third kappa shape index (κ3) is 10.2. The Balaban J connectivity index is 3.63. The van der Waals surface area contributed by atoms with Gasteiger partial charge in [0.1, 0.15) is 0 Å². The molecular formula is C13H25BN4O4. The highest BCUT2D eigenvalue weighted by Gasteiger charge is 2.14. The average Bonchev–Trinajstić information content (AvgIpc) is 2.49. The number of nitrogens with one attached hydrogen (secondary N) is 3. The predicted molar refractivity (Wildman–Crippen MR) is 83.1 cm³/mol. The van der Waals surface area contributed by atoms with Crippen molar-refractivity contribution in [3.8, 4) is 0 Å². The average molecular weight is 312 g/mol. The summed E-state index contributed by atoms with van der Waals surface area (Å²) in [5.41, 5.74) is 5.75. The largest absolute Gasteiger partial charge is 0.480 e. The van der Waals surface area contributed by atoms with Crippen molar-refractivity contribution in [2.24, 2.45) is 5.73 Å². The molecule has 0 spiro atoms. The first-order chi connectivity index (χ1) is 10.5. The van der Waals surface area contributed by atoms with E-state index in [0.29, 0.717) is 45.2 Å². The molecular weight excluding hydrogens is 287 g/mol. The van der Waals surface area contributed by atoms with E-state index in [0.717, 1.165) is 12.8 Å². The lowest BCUT2D eigenvalue weighted by molar-refractivity contribution is -0.139. The molecule has 0 rings (SSSR count). The normalized spacial score (nSPS) is 13.1. The molecule has 0 saturated carbocycles. The summed E-state index contributed by atoms with van der Waals surface area (Å²) in [5, 5.41) is 16.3. The number of hydrogen-bond acceptors (Lipinski definition) is 5. The number of carbonyl (C=O) groups is 3. The minimum Gasteiger partial charge on any atom is -0.480 e. The van der Waals surface area contributed by atoms with Crippen molar-refractivity contribution in [3.63, 3.8) is 0 Å². The van der Waals surface area contributed by atoms with Crippen LogP contribution in [0.25, 0.3) is 0 Å². The molecule has 0 fully saturated rings. The molecule has 9 heteroatoms. The van der Waals surface area contributed by atoms with E-state index in [2.05, 4.69) is 15.9 Å². The maximum atomic E-state index is 11.7. The molecule has 0 aromatic carbocycles. The highest BCUT2D eigenvalue weighted by atomic mass is 16.4. The summed E-state index contributed by atoms with van der Waals surface area (Å²) in [6, 6.07) is -1.33. The molecule has 0 aliphatic carbocycles. The van der Waals surface area contributed by atoms with Gasteiger partial charge in [0.05, 0.1) is 12.1 Å². The second-order valence-electron chi connectivity index (χ2n) is 5.02. The summed E-state index contributed by atoms with van der Waals surface area (Å²) in [4.78, 5) is 32.4. The molecule has 0 bridgehead atoms. The summed E-state index contributed by atoms with van der Waals surface area (Å²) in [6.45, 7) is 1.04. The minimum atomic E-state index is -0.988.